The zero-order valence-electron chi connectivity index (χ0n) is 5.71. The molecule has 0 spiro atoms. The van der Waals surface area contributed by atoms with Crippen molar-refractivity contribution in [2.75, 3.05) is 6.73 Å². The Morgan fingerprint density at radius 1 is 1.80 bits per heavy atom. The molecule has 0 amide bonds. The van der Waals surface area contributed by atoms with Crippen LogP contribution in [0, 0.1) is 0 Å². The minimum Gasteiger partial charge on any atom is -0.615 e. The summed E-state index contributed by atoms with van der Waals surface area (Å²) in [5, 5.41) is 0. The Morgan fingerprint density at radius 3 is 3.00 bits per heavy atom. The first-order chi connectivity index (χ1) is 4.83. The third-order valence-electron chi connectivity index (χ3n) is 1.18. The highest BCUT2D eigenvalue weighted by molar-refractivity contribution is 8.13. The predicted molar refractivity (Wildman–Crippen MR) is 41.6 cm³/mol. The Balaban J connectivity index is 1.91. The quantitative estimate of drug-likeness (QED) is 0.296. The van der Waals surface area contributed by atoms with E-state index in [-0.39, 0.29) is 13.5 Å². The molecular formula is C4H11BN2O2S. The molecule has 0 aromatic heterocycles. The van der Waals surface area contributed by atoms with Crippen LogP contribution in [0.2, 0.25) is 0 Å². The molecule has 0 radical (unpaired) electrons. The first-order valence-corrected chi connectivity index (χ1v) is 4.57. The van der Waals surface area contributed by atoms with Gasteiger partial charge in [0.2, 0.25) is 0 Å². The minimum absolute atomic E-state index is 0.137. The summed E-state index contributed by atoms with van der Waals surface area (Å²) >= 11 is -1.04. The standard InChI is InChI=1S/C4H11BN2O2S/c6-3-9-5-10(8)7-4-1-2-4/h4-5,7H,1-3,6H2. The zero-order chi connectivity index (χ0) is 7.40. The van der Waals surface area contributed by atoms with Crippen molar-refractivity contribution in [3.8, 4) is 0 Å². The van der Waals surface area contributed by atoms with Crippen molar-refractivity contribution in [2.45, 2.75) is 18.9 Å². The van der Waals surface area contributed by atoms with Crippen LogP contribution < -0.4 is 10.5 Å². The smallest absolute Gasteiger partial charge is 0.578 e. The lowest BCUT2D eigenvalue weighted by Crippen LogP contribution is -2.32. The fourth-order valence-electron chi connectivity index (χ4n) is 0.545. The first-order valence-electron chi connectivity index (χ1n) is 3.25. The lowest BCUT2D eigenvalue weighted by atomic mass is 10.5. The molecule has 4 nitrogen and oxygen atoms in total. The molecule has 1 rings (SSSR count). The van der Waals surface area contributed by atoms with Crippen LogP contribution in [0.5, 0.6) is 0 Å². The Hall–Kier alpha value is 0.255. The molecule has 1 aliphatic rings. The summed E-state index contributed by atoms with van der Waals surface area (Å²) < 4.78 is 18.5. The van der Waals surface area contributed by atoms with Crippen molar-refractivity contribution < 1.29 is 9.21 Å². The Kier molecular flexibility index (Phi) is 3.51. The largest absolute Gasteiger partial charge is 0.615 e. The number of rotatable bonds is 5. The van der Waals surface area contributed by atoms with Crippen LogP contribution in [0.25, 0.3) is 0 Å². The van der Waals surface area contributed by atoms with Gasteiger partial charge in [0.1, 0.15) is 0 Å². The van der Waals surface area contributed by atoms with E-state index in [4.69, 9.17) is 10.4 Å². The lowest BCUT2D eigenvalue weighted by Gasteiger charge is -2.08. The summed E-state index contributed by atoms with van der Waals surface area (Å²) in [6.45, 7) is 0.338. The minimum atomic E-state index is -1.04. The van der Waals surface area contributed by atoms with Crippen molar-refractivity contribution >= 4 is 18.0 Å². The van der Waals surface area contributed by atoms with Crippen molar-refractivity contribution in [1.29, 1.82) is 0 Å². The van der Waals surface area contributed by atoms with E-state index in [1.807, 2.05) is 0 Å². The van der Waals surface area contributed by atoms with Gasteiger partial charge in [0.15, 0.2) is 0 Å². The molecule has 10 heavy (non-hydrogen) atoms. The summed E-state index contributed by atoms with van der Waals surface area (Å²) in [6.07, 6.45) is 2.27. The summed E-state index contributed by atoms with van der Waals surface area (Å²) in [5.41, 5.74) is 5.04. The van der Waals surface area contributed by atoms with Crippen LogP contribution in [-0.2, 0) is 15.9 Å². The van der Waals surface area contributed by atoms with Crippen molar-refractivity contribution in [2.24, 2.45) is 5.73 Å². The summed E-state index contributed by atoms with van der Waals surface area (Å²) in [7, 11) is 0. The van der Waals surface area contributed by atoms with Gasteiger partial charge in [0.25, 0.3) is 0 Å². The summed E-state index contributed by atoms with van der Waals surface area (Å²) in [4.78, 5) is 0. The Bertz CT molecular complexity index is 103. The zero-order valence-corrected chi connectivity index (χ0v) is 6.52. The second-order valence-corrected chi connectivity index (χ2v) is 3.39. The van der Waals surface area contributed by atoms with Gasteiger partial charge in [0, 0.05) is 0 Å². The Labute approximate surface area is 64.0 Å². The molecular weight excluding hydrogens is 151 g/mol. The summed E-state index contributed by atoms with van der Waals surface area (Å²) in [5.74, 6) is 0. The first kappa shape index (κ1) is 8.35. The highest BCUT2D eigenvalue weighted by Gasteiger charge is 2.27. The van der Waals surface area contributed by atoms with Crippen LogP contribution in [0.1, 0.15) is 12.8 Å². The second-order valence-electron chi connectivity index (χ2n) is 2.23. The average molecular weight is 162 g/mol. The molecule has 0 aliphatic heterocycles. The highest BCUT2D eigenvalue weighted by atomic mass is 32.2. The van der Waals surface area contributed by atoms with E-state index in [0.717, 1.165) is 12.8 Å². The molecule has 0 bridgehead atoms. The number of hydrogen-bond acceptors (Lipinski definition) is 4. The van der Waals surface area contributed by atoms with Crippen LogP contribution in [-0.4, -0.2) is 24.1 Å². The fraction of sp³-hybridized carbons (Fsp3) is 1.00. The van der Waals surface area contributed by atoms with Crippen LogP contribution in [0.3, 0.4) is 0 Å². The highest BCUT2D eigenvalue weighted by Crippen LogP contribution is 2.19. The molecule has 1 atom stereocenters. The molecule has 1 fully saturated rings. The van der Waals surface area contributed by atoms with E-state index in [9.17, 15) is 4.55 Å². The SMILES string of the molecule is NCOB[S+]([O-])NC1CC1. The van der Waals surface area contributed by atoms with Gasteiger partial charge in [-0.05, 0) is 24.1 Å². The van der Waals surface area contributed by atoms with Gasteiger partial charge in [0.05, 0.1) is 12.8 Å². The molecule has 3 N–H and O–H groups in total. The molecule has 0 aromatic rings. The third kappa shape index (κ3) is 3.43. The number of hydrogen-bond donors (Lipinski definition) is 2. The maximum absolute atomic E-state index is 10.9. The molecule has 6 heteroatoms. The van der Waals surface area contributed by atoms with Crippen molar-refractivity contribution in [3.63, 3.8) is 0 Å². The maximum Gasteiger partial charge on any atom is 0.578 e. The predicted octanol–water partition coefficient (Wildman–Crippen LogP) is -1.40. The number of nitrogens with two attached hydrogens (primary N) is 1. The monoisotopic (exact) mass is 162 g/mol. The van der Waals surface area contributed by atoms with E-state index < -0.39 is 11.2 Å². The molecule has 0 saturated heterocycles. The normalized spacial score (nSPS) is 20.6. The van der Waals surface area contributed by atoms with Gasteiger partial charge >= 0.3 is 6.76 Å². The van der Waals surface area contributed by atoms with Gasteiger partial charge in [-0.2, -0.15) is 4.72 Å². The van der Waals surface area contributed by atoms with Crippen LogP contribution >= 0.6 is 0 Å². The van der Waals surface area contributed by atoms with E-state index in [1.54, 1.807) is 0 Å². The van der Waals surface area contributed by atoms with Crippen molar-refractivity contribution in [3.05, 3.63) is 0 Å². The van der Waals surface area contributed by atoms with Gasteiger partial charge in [-0.25, -0.2) is 0 Å². The molecule has 58 valence electrons. The van der Waals surface area contributed by atoms with Crippen LogP contribution in [0.15, 0.2) is 0 Å². The van der Waals surface area contributed by atoms with Gasteiger partial charge in [-0.15, -0.1) is 0 Å². The fourth-order valence-corrected chi connectivity index (χ4v) is 1.47. The molecule has 0 aromatic carbocycles. The number of nitrogens with one attached hydrogen (secondary N) is 1. The lowest BCUT2D eigenvalue weighted by molar-refractivity contribution is 0.357. The molecule has 1 saturated carbocycles. The van der Waals surface area contributed by atoms with Gasteiger partial charge < -0.3 is 14.9 Å². The van der Waals surface area contributed by atoms with Gasteiger partial charge in [-0.1, -0.05) is 0 Å². The van der Waals surface area contributed by atoms with Crippen molar-refractivity contribution in [1.82, 2.24) is 4.72 Å². The second kappa shape index (κ2) is 4.20. The third-order valence-corrected chi connectivity index (χ3v) is 2.16. The van der Waals surface area contributed by atoms with E-state index in [0.29, 0.717) is 6.04 Å². The average Bonchev–Trinajstić information content (AvgIpc) is 2.67. The topological polar surface area (TPSA) is 70.3 Å². The van der Waals surface area contributed by atoms with E-state index >= 15 is 0 Å². The molecule has 1 aliphatic carbocycles. The summed E-state index contributed by atoms with van der Waals surface area (Å²) in [6, 6.07) is 0.460. The maximum atomic E-state index is 10.9. The van der Waals surface area contributed by atoms with Gasteiger partial charge in [-0.3, -0.25) is 0 Å². The molecule has 0 heterocycles. The van der Waals surface area contributed by atoms with E-state index in [2.05, 4.69) is 4.72 Å². The molecule has 1 unspecified atom stereocenters. The Morgan fingerprint density at radius 2 is 2.50 bits per heavy atom. The van der Waals surface area contributed by atoms with Crippen LogP contribution in [0.4, 0.5) is 0 Å². The van der Waals surface area contributed by atoms with E-state index in [1.165, 1.54) is 0 Å².